The lowest BCUT2D eigenvalue weighted by atomic mass is 10.2. The summed E-state index contributed by atoms with van der Waals surface area (Å²) in [5.41, 5.74) is 0.998. The van der Waals surface area contributed by atoms with E-state index >= 15 is 0 Å². The summed E-state index contributed by atoms with van der Waals surface area (Å²) >= 11 is 0. The van der Waals surface area contributed by atoms with Gasteiger partial charge in [0.25, 0.3) is 0 Å². The number of carbonyl (C=O) groups is 1. The number of nitrogens with zero attached hydrogens (tertiary/aromatic N) is 2. The first-order valence-electron chi connectivity index (χ1n) is 8.57. The van der Waals surface area contributed by atoms with Crippen LogP contribution < -0.4 is 14.4 Å². The Morgan fingerprint density at radius 1 is 1.22 bits per heavy atom. The van der Waals surface area contributed by atoms with Gasteiger partial charge in [-0.2, -0.15) is 8.78 Å². The number of anilines is 1. The minimum atomic E-state index is -2.95. The van der Waals surface area contributed by atoms with E-state index in [4.69, 9.17) is 9.47 Å². The predicted octanol–water partition coefficient (Wildman–Crippen LogP) is 3.65. The number of benzene rings is 1. The van der Waals surface area contributed by atoms with Gasteiger partial charge in [0.2, 0.25) is 0 Å². The highest BCUT2D eigenvalue weighted by Gasteiger charge is 2.21. The maximum Gasteiger partial charge on any atom is 0.387 e. The molecular weight excluding hydrogens is 358 g/mol. The van der Waals surface area contributed by atoms with Gasteiger partial charge in [0, 0.05) is 19.3 Å². The fraction of sp³-hybridized carbons (Fsp3) is 0.368. The Bertz CT molecular complexity index is 795. The van der Waals surface area contributed by atoms with E-state index in [2.05, 4.69) is 14.6 Å². The van der Waals surface area contributed by atoms with Crippen molar-refractivity contribution in [2.45, 2.75) is 26.1 Å². The van der Waals surface area contributed by atoms with Crippen LogP contribution in [0.3, 0.4) is 0 Å². The summed E-state index contributed by atoms with van der Waals surface area (Å²) < 4.78 is 39.6. The minimum Gasteiger partial charge on any atom is -0.493 e. The zero-order chi connectivity index (χ0) is 19.2. The quantitative estimate of drug-likeness (QED) is 0.686. The summed E-state index contributed by atoms with van der Waals surface area (Å²) in [6, 6.07) is 7.76. The highest BCUT2D eigenvalue weighted by Crippen LogP contribution is 2.30. The lowest BCUT2D eigenvalue weighted by Gasteiger charge is -2.19. The Morgan fingerprint density at radius 3 is 2.70 bits per heavy atom. The summed E-state index contributed by atoms with van der Waals surface area (Å²) in [6.45, 7) is -1.25. The van der Waals surface area contributed by atoms with Crippen molar-refractivity contribution >= 4 is 11.8 Å². The molecule has 0 saturated carbocycles. The van der Waals surface area contributed by atoms with Crippen molar-refractivity contribution in [3.63, 3.8) is 0 Å². The average Bonchev–Trinajstić information content (AvgIpc) is 3.21. The summed E-state index contributed by atoms with van der Waals surface area (Å²) in [4.78, 5) is 18.9. The van der Waals surface area contributed by atoms with Gasteiger partial charge in [-0.15, -0.1) is 0 Å². The number of carbonyl (C=O) groups excluding carboxylic acids is 1. The number of ether oxygens (including phenoxy) is 3. The molecule has 0 aliphatic carbocycles. The third kappa shape index (κ3) is 4.64. The lowest BCUT2D eigenvalue weighted by molar-refractivity contribution is -0.0512. The van der Waals surface area contributed by atoms with E-state index in [0.717, 1.165) is 25.9 Å². The number of rotatable bonds is 7. The smallest absolute Gasteiger partial charge is 0.387 e. The summed E-state index contributed by atoms with van der Waals surface area (Å²) in [7, 11) is 1.35. The molecule has 0 amide bonds. The predicted molar refractivity (Wildman–Crippen MR) is 94.4 cm³/mol. The lowest BCUT2D eigenvalue weighted by Crippen LogP contribution is -2.22. The molecule has 1 aliphatic rings. The molecule has 6 nitrogen and oxygen atoms in total. The van der Waals surface area contributed by atoms with E-state index in [1.165, 1.54) is 25.3 Å². The highest BCUT2D eigenvalue weighted by atomic mass is 19.3. The molecule has 3 rings (SSSR count). The van der Waals surface area contributed by atoms with Gasteiger partial charge in [0.05, 0.1) is 7.11 Å². The molecule has 1 aromatic carbocycles. The minimum absolute atomic E-state index is 0.0293. The molecule has 0 spiro atoms. The van der Waals surface area contributed by atoms with Crippen LogP contribution in [0.1, 0.15) is 28.8 Å². The van der Waals surface area contributed by atoms with Gasteiger partial charge in [0.15, 0.2) is 11.5 Å². The molecule has 0 atom stereocenters. The van der Waals surface area contributed by atoms with E-state index in [9.17, 15) is 13.6 Å². The number of hydrogen-bond acceptors (Lipinski definition) is 6. The van der Waals surface area contributed by atoms with Crippen molar-refractivity contribution in [3.8, 4) is 11.5 Å². The van der Waals surface area contributed by atoms with Crippen molar-refractivity contribution in [1.29, 1.82) is 0 Å². The molecule has 0 N–H and O–H groups in total. The second-order valence-electron chi connectivity index (χ2n) is 6.01. The van der Waals surface area contributed by atoms with Crippen molar-refractivity contribution in [2.75, 3.05) is 25.1 Å². The zero-order valence-electron chi connectivity index (χ0n) is 14.9. The van der Waals surface area contributed by atoms with Gasteiger partial charge in [0.1, 0.15) is 18.0 Å². The number of alkyl halides is 2. The molecule has 1 aromatic heterocycles. The normalized spacial score (nSPS) is 13.7. The number of aromatic nitrogens is 1. The van der Waals surface area contributed by atoms with E-state index in [0.29, 0.717) is 16.9 Å². The van der Waals surface area contributed by atoms with Crippen molar-refractivity contribution in [2.24, 2.45) is 0 Å². The average molecular weight is 378 g/mol. The highest BCUT2D eigenvalue weighted by molar-refractivity contribution is 5.94. The van der Waals surface area contributed by atoms with Crippen LogP contribution in [-0.4, -0.2) is 37.8 Å². The maximum atomic E-state index is 12.5. The first kappa shape index (κ1) is 18.9. The Hall–Kier alpha value is -2.90. The molecule has 144 valence electrons. The first-order chi connectivity index (χ1) is 13.1. The second kappa shape index (κ2) is 8.66. The Morgan fingerprint density at radius 2 is 2.00 bits per heavy atom. The van der Waals surface area contributed by atoms with Crippen LogP contribution in [0.4, 0.5) is 14.6 Å². The SMILES string of the molecule is COc1cc(COC(=O)c2cccnc2N2CCCC2)ccc1OC(F)F. The molecule has 0 bridgehead atoms. The molecule has 1 fully saturated rings. The fourth-order valence-electron chi connectivity index (χ4n) is 2.96. The molecule has 0 radical (unpaired) electrons. The van der Waals surface area contributed by atoms with E-state index in [1.807, 2.05) is 0 Å². The molecule has 1 aliphatic heterocycles. The summed E-state index contributed by atoms with van der Waals surface area (Å²) in [6.07, 6.45) is 3.78. The van der Waals surface area contributed by atoms with Gasteiger partial charge >= 0.3 is 12.6 Å². The van der Waals surface area contributed by atoms with Crippen molar-refractivity contribution in [3.05, 3.63) is 47.7 Å². The van der Waals surface area contributed by atoms with Crippen LogP contribution in [0, 0.1) is 0 Å². The Labute approximate surface area is 155 Å². The second-order valence-corrected chi connectivity index (χ2v) is 6.01. The van der Waals surface area contributed by atoms with Crippen LogP contribution >= 0.6 is 0 Å². The standard InChI is InChI=1S/C19H20F2N2O4/c1-25-16-11-13(6-7-15(16)27-19(20)21)12-26-18(24)14-5-4-8-22-17(14)23-9-2-3-10-23/h4-8,11,19H,2-3,9-10,12H2,1H3. The maximum absolute atomic E-state index is 12.5. The van der Waals surface area contributed by atoms with Gasteiger partial charge in [-0.05, 0) is 42.7 Å². The van der Waals surface area contributed by atoms with Crippen molar-refractivity contribution < 1.29 is 27.8 Å². The molecular formula is C19H20F2N2O4. The summed E-state index contributed by atoms with van der Waals surface area (Å²) in [5, 5.41) is 0. The Balaban J connectivity index is 1.69. The van der Waals surface area contributed by atoms with E-state index in [-0.39, 0.29) is 18.1 Å². The van der Waals surface area contributed by atoms with Crippen LogP contribution in [0.25, 0.3) is 0 Å². The first-order valence-corrected chi connectivity index (χ1v) is 8.57. The van der Waals surface area contributed by atoms with Gasteiger partial charge in [-0.1, -0.05) is 6.07 Å². The van der Waals surface area contributed by atoms with Gasteiger partial charge in [-0.25, -0.2) is 9.78 Å². The van der Waals surface area contributed by atoms with E-state index in [1.54, 1.807) is 18.3 Å². The number of hydrogen-bond donors (Lipinski definition) is 0. The molecule has 1 saturated heterocycles. The zero-order valence-corrected chi connectivity index (χ0v) is 14.9. The third-order valence-electron chi connectivity index (χ3n) is 4.23. The van der Waals surface area contributed by atoms with Crippen molar-refractivity contribution in [1.82, 2.24) is 4.98 Å². The molecule has 8 heteroatoms. The number of methoxy groups -OCH3 is 1. The van der Waals surface area contributed by atoms with Crippen LogP contribution in [-0.2, 0) is 11.3 Å². The third-order valence-corrected chi connectivity index (χ3v) is 4.23. The number of pyridine rings is 1. The van der Waals surface area contributed by atoms with Gasteiger partial charge in [-0.3, -0.25) is 0 Å². The number of halogens is 2. The van der Waals surface area contributed by atoms with Gasteiger partial charge < -0.3 is 19.1 Å². The van der Waals surface area contributed by atoms with Crippen LogP contribution in [0.2, 0.25) is 0 Å². The van der Waals surface area contributed by atoms with Crippen LogP contribution in [0.15, 0.2) is 36.5 Å². The van der Waals surface area contributed by atoms with Crippen LogP contribution in [0.5, 0.6) is 11.5 Å². The molecule has 27 heavy (non-hydrogen) atoms. The largest absolute Gasteiger partial charge is 0.493 e. The molecule has 0 unspecified atom stereocenters. The van der Waals surface area contributed by atoms with E-state index < -0.39 is 12.6 Å². The monoisotopic (exact) mass is 378 g/mol. The topological polar surface area (TPSA) is 60.9 Å². The Kier molecular flexibility index (Phi) is 6.05. The molecule has 2 heterocycles. The molecule has 2 aromatic rings. The fourth-order valence-corrected chi connectivity index (χ4v) is 2.96. The number of esters is 1. The summed E-state index contributed by atoms with van der Waals surface area (Å²) in [5.74, 6) is 0.198.